The summed E-state index contributed by atoms with van der Waals surface area (Å²) in [5, 5.41) is 0. The summed E-state index contributed by atoms with van der Waals surface area (Å²) in [6.45, 7) is 15.8. The zero-order valence-electron chi connectivity index (χ0n) is 13.3. The largest absolute Gasteiger partial charge is 0.373 e. The van der Waals surface area contributed by atoms with Gasteiger partial charge in [0, 0.05) is 31.6 Å². The van der Waals surface area contributed by atoms with Gasteiger partial charge in [0.1, 0.15) is 0 Å². The summed E-state index contributed by atoms with van der Waals surface area (Å²) in [7, 11) is 0. The molecule has 4 nitrogen and oxygen atoms in total. The van der Waals surface area contributed by atoms with Crippen LogP contribution in [0.1, 0.15) is 41.5 Å². The van der Waals surface area contributed by atoms with Gasteiger partial charge in [-0.1, -0.05) is 0 Å². The smallest absolute Gasteiger partial charge is 0.0788 e. The molecule has 0 aliphatic carbocycles. The van der Waals surface area contributed by atoms with Gasteiger partial charge in [-0.05, 0) is 41.5 Å². The van der Waals surface area contributed by atoms with Crippen molar-refractivity contribution in [1.82, 2.24) is 4.90 Å². The molecule has 4 atom stereocenters. The van der Waals surface area contributed by atoms with E-state index in [1.807, 2.05) is 0 Å². The highest BCUT2D eigenvalue weighted by Crippen LogP contribution is 2.41. The molecular weight excluding hydrogens is 240 g/mol. The second-order valence-corrected chi connectivity index (χ2v) is 7.42. The standard InChI is InChI=1S/C15H30N2O2/c1-10-7-17(8-11(2)18-10)9-12-13(16)15(5,6)19-14(12,3)4/h10-13H,7-9,16H2,1-6H3. The maximum atomic E-state index is 6.44. The molecule has 0 radical (unpaired) electrons. The average Bonchev–Trinajstić information content (AvgIpc) is 2.35. The van der Waals surface area contributed by atoms with E-state index in [1.54, 1.807) is 0 Å². The van der Waals surface area contributed by atoms with Gasteiger partial charge in [-0.15, -0.1) is 0 Å². The Kier molecular flexibility index (Phi) is 4.00. The molecule has 0 aromatic carbocycles. The van der Waals surface area contributed by atoms with Crippen molar-refractivity contribution in [3.63, 3.8) is 0 Å². The third-order valence-electron chi connectivity index (χ3n) is 4.61. The summed E-state index contributed by atoms with van der Waals surface area (Å²) in [6, 6.07) is 0.0796. The quantitative estimate of drug-likeness (QED) is 0.828. The number of rotatable bonds is 2. The van der Waals surface area contributed by atoms with Crippen molar-refractivity contribution in [3.8, 4) is 0 Å². The van der Waals surface area contributed by atoms with E-state index < -0.39 is 0 Å². The third-order valence-corrected chi connectivity index (χ3v) is 4.61. The lowest BCUT2D eigenvalue weighted by Gasteiger charge is -2.39. The Balaban J connectivity index is 2.05. The molecule has 2 saturated heterocycles. The predicted octanol–water partition coefficient (Wildman–Crippen LogP) is 1.63. The van der Waals surface area contributed by atoms with Crippen molar-refractivity contribution in [2.45, 2.75) is 71.0 Å². The third kappa shape index (κ3) is 3.13. The molecule has 2 rings (SSSR count). The molecule has 0 saturated carbocycles. The van der Waals surface area contributed by atoms with Crippen molar-refractivity contribution >= 4 is 0 Å². The van der Waals surface area contributed by atoms with Crippen LogP contribution < -0.4 is 5.73 Å². The van der Waals surface area contributed by atoms with Gasteiger partial charge in [-0.25, -0.2) is 0 Å². The van der Waals surface area contributed by atoms with Crippen LogP contribution in [0, 0.1) is 5.92 Å². The molecule has 2 fully saturated rings. The summed E-state index contributed by atoms with van der Waals surface area (Å²) >= 11 is 0. The number of hydrogen-bond donors (Lipinski definition) is 1. The van der Waals surface area contributed by atoms with Gasteiger partial charge in [0.2, 0.25) is 0 Å². The van der Waals surface area contributed by atoms with E-state index in [2.05, 4.69) is 46.4 Å². The Morgan fingerprint density at radius 3 is 2.00 bits per heavy atom. The van der Waals surface area contributed by atoms with Crippen LogP contribution in [0.2, 0.25) is 0 Å². The van der Waals surface area contributed by atoms with Crippen LogP contribution >= 0.6 is 0 Å². The molecular formula is C15H30N2O2. The summed E-state index contributed by atoms with van der Waals surface area (Å²) in [4.78, 5) is 2.48. The van der Waals surface area contributed by atoms with Crippen molar-refractivity contribution in [2.24, 2.45) is 11.7 Å². The Bertz CT molecular complexity index is 320. The van der Waals surface area contributed by atoms with Crippen LogP contribution in [0.4, 0.5) is 0 Å². The molecule has 2 aliphatic heterocycles. The maximum Gasteiger partial charge on any atom is 0.0788 e. The molecule has 112 valence electrons. The van der Waals surface area contributed by atoms with Gasteiger partial charge in [0.15, 0.2) is 0 Å². The predicted molar refractivity (Wildman–Crippen MR) is 77.2 cm³/mol. The van der Waals surface area contributed by atoms with E-state index in [9.17, 15) is 0 Å². The van der Waals surface area contributed by atoms with Crippen molar-refractivity contribution in [3.05, 3.63) is 0 Å². The van der Waals surface area contributed by atoms with Crippen LogP contribution in [0.3, 0.4) is 0 Å². The topological polar surface area (TPSA) is 47.7 Å². The van der Waals surface area contributed by atoms with Crippen molar-refractivity contribution in [1.29, 1.82) is 0 Å². The zero-order chi connectivity index (χ0) is 14.4. The molecule has 0 bridgehead atoms. The van der Waals surface area contributed by atoms with Crippen molar-refractivity contribution in [2.75, 3.05) is 19.6 Å². The first-order valence-corrected chi connectivity index (χ1v) is 7.45. The molecule has 19 heavy (non-hydrogen) atoms. The molecule has 0 aromatic rings. The number of nitrogens with two attached hydrogens (primary N) is 1. The molecule has 4 heteroatoms. The van der Waals surface area contributed by atoms with Gasteiger partial charge >= 0.3 is 0 Å². The Morgan fingerprint density at radius 2 is 1.58 bits per heavy atom. The van der Waals surface area contributed by atoms with E-state index in [0.717, 1.165) is 19.6 Å². The minimum Gasteiger partial charge on any atom is -0.373 e. The Morgan fingerprint density at radius 1 is 1.05 bits per heavy atom. The maximum absolute atomic E-state index is 6.44. The highest BCUT2D eigenvalue weighted by molar-refractivity contribution is 5.05. The molecule has 2 N–H and O–H groups in total. The minimum absolute atomic E-state index is 0.0796. The highest BCUT2D eigenvalue weighted by Gasteiger charge is 2.52. The number of morpholine rings is 1. The van der Waals surface area contributed by atoms with E-state index in [0.29, 0.717) is 18.1 Å². The fourth-order valence-corrected chi connectivity index (χ4v) is 3.78. The highest BCUT2D eigenvalue weighted by atomic mass is 16.5. The first-order chi connectivity index (χ1) is 8.62. The number of hydrogen-bond acceptors (Lipinski definition) is 4. The number of nitrogens with zero attached hydrogens (tertiary/aromatic N) is 1. The van der Waals surface area contributed by atoms with Gasteiger partial charge in [0.05, 0.1) is 23.4 Å². The Labute approximate surface area is 117 Å². The molecule has 0 amide bonds. The molecule has 2 aliphatic rings. The summed E-state index contributed by atoms with van der Waals surface area (Å²) < 4.78 is 12.0. The average molecular weight is 270 g/mol. The van der Waals surface area contributed by atoms with E-state index in [4.69, 9.17) is 15.2 Å². The first kappa shape index (κ1) is 15.2. The van der Waals surface area contributed by atoms with E-state index in [-0.39, 0.29) is 17.2 Å². The molecule has 4 unspecified atom stereocenters. The lowest BCUT2D eigenvalue weighted by Crippen LogP contribution is -2.52. The summed E-state index contributed by atoms with van der Waals surface area (Å²) in [6.07, 6.45) is 0.608. The van der Waals surface area contributed by atoms with Crippen LogP contribution in [0.5, 0.6) is 0 Å². The van der Waals surface area contributed by atoms with Crippen LogP contribution in [0.25, 0.3) is 0 Å². The van der Waals surface area contributed by atoms with Crippen molar-refractivity contribution < 1.29 is 9.47 Å². The van der Waals surface area contributed by atoms with Gasteiger partial charge in [-0.2, -0.15) is 0 Å². The van der Waals surface area contributed by atoms with Crippen LogP contribution in [0.15, 0.2) is 0 Å². The SMILES string of the molecule is CC1CN(CC2C(N)C(C)(C)OC2(C)C)CC(C)O1. The molecule has 2 heterocycles. The Hall–Kier alpha value is -0.160. The molecule has 0 spiro atoms. The fraction of sp³-hybridized carbons (Fsp3) is 1.00. The van der Waals surface area contributed by atoms with E-state index >= 15 is 0 Å². The summed E-state index contributed by atoms with van der Waals surface area (Å²) in [5.41, 5.74) is 6.04. The van der Waals surface area contributed by atoms with Gasteiger partial charge < -0.3 is 15.2 Å². The fourth-order valence-electron chi connectivity index (χ4n) is 3.78. The minimum atomic E-state index is -0.238. The van der Waals surface area contributed by atoms with Gasteiger partial charge in [0.25, 0.3) is 0 Å². The van der Waals surface area contributed by atoms with Crippen LogP contribution in [-0.4, -0.2) is 54.0 Å². The normalized spacial score (nSPS) is 42.5. The lowest BCUT2D eigenvalue weighted by molar-refractivity contribution is -0.0924. The summed E-state index contributed by atoms with van der Waals surface area (Å²) in [5.74, 6) is 0.361. The first-order valence-electron chi connectivity index (χ1n) is 7.45. The monoisotopic (exact) mass is 270 g/mol. The number of ether oxygens (including phenoxy) is 2. The second-order valence-electron chi connectivity index (χ2n) is 7.42. The second kappa shape index (κ2) is 4.99. The van der Waals surface area contributed by atoms with Gasteiger partial charge in [-0.3, -0.25) is 4.90 Å². The lowest BCUT2D eigenvalue weighted by atomic mass is 9.82. The zero-order valence-corrected chi connectivity index (χ0v) is 13.3. The van der Waals surface area contributed by atoms with Crippen LogP contribution in [-0.2, 0) is 9.47 Å². The van der Waals surface area contributed by atoms with E-state index in [1.165, 1.54) is 0 Å². The molecule has 0 aromatic heterocycles.